The molecule has 0 spiro atoms. The van der Waals surface area contributed by atoms with Crippen LogP contribution in [-0.4, -0.2) is 16.0 Å². The van der Waals surface area contributed by atoms with Crippen molar-refractivity contribution in [1.82, 2.24) is 0 Å². The lowest BCUT2D eigenvalue weighted by Crippen LogP contribution is -2.29. The third kappa shape index (κ3) is 2.86. The van der Waals surface area contributed by atoms with Gasteiger partial charge in [-0.25, -0.2) is 0 Å². The minimum atomic E-state index is -0.750. The molecule has 3 heteroatoms. The summed E-state index contributed by atoms with van der Waals surface area (Å²) in [4.78, 5) is 11.9. The summed E-state index contributed by atoms with van der Waals surface area (Å²) in [5, 5.41) is 10.2. The maximum absolute atomic E-state index is 11.9. The van der Waals surface area contributed by atoms with E-state index in [4.69, 9.17) is 0 Å². The highest BCUT2D eigenvalue weighted by atomic mass is 32.2. The van der Waals surface area contributed by atoms with Crippen molar-refractivity contribution in [3.05, 3.63) is 35.9 Å². The molecule has 2 nitrogen and oxygen atoms in total. The Kier molecular flexibility index (Phi) is 4.56. The summed E-state index contributed by atoms with van der Waals surface area (Å²) in [6.07, 6.45) is -0.750. The molecule has 0 saturated carbocycles. The molecule has 1 aromatic rings. The number of hydrogen-bond acceptors (Lipinski definition) is 3. The van der Waals surface area contributed by atoms with Gasteiger partial charge >= 0.3 is 0 Å². The van der Waals surface area contributed by atoms with Crippen molar-refractivity contribution < 1.29 is 9.90 Å². The van der Waals surface area contributed by atoms with Crippen LogP contribution in [0.15, 0.2) is 30.3 Å². The van der Waals surface area contributed by atoms with Crippen molar-refractivity contribution in [2.45, 2.75) is 26.9 Å². The highest BCUT2D eigenvalue weighted by Gasteiger charge is 2.36. The molecule has 0 aliphatic carbocycles. The molecule has 1 atom stereocenters. The van der Waals surface area contributed by atoms with E-state index in [2.05, 4.69) is 0 Å². The molecule has 1 rings (SSSR count). The molecular weight excluding hydrogens is 220 g/mol. The highest BCUT2D eigenvalue weighted by Crippen LogP contribution is 2.37. The van der Waals surface area contributed by atoms with Gasteiger partial charge < -0.3 is 5.11 Å². The fraction of sp³-hybridized carbons (Fsp3) is 0.462. The van der Waals surface area contributed by atoms with E-state index in [0.29, 0.717) is 0 Å². The third-order valence-corrected chi connectivity index (χ3v) is 3.68. The number of carbonyl (C=O) groups is 1. The van der Waals surface area contributed by atoms with Gasteiger partial charge in [0.25, 0.3) is 0 Å². The first-order valence-corrected chi connectivity index (χ1v) is 6.39. The second-order valence-electron chi connectivity index (χ2n) is 4.26. The Bertz CT molecular complexity index is 346. The van der Waals surface area contributed by atoms with Crippen LogP contribution >= 0.6 is 11.8 Å². The molecule has 0 aliphatic heterocycles. The average Bonchev–Trinajstić information content (AvgIpc) is 2.29. The van der Waals surface area contributed by atoms with E-state index < -0.39 is 11.5 Å². The first kappa shape index (κ1) is 13.3. The van der Waals surface area contributed by atoms with Gasteiger partial charge in [-0.05, 0) is 25.2 Å². The van der Waals surface area contributed by atoms with Crippen LogP contribution in [-0.2, 0) is 4.79 Å². The van der Waals surface area contributed by atoms with Crippen molar-refractivity contribution in [2.24, 2.45) is 5.41 Å². The summed E-state index contributed by atoms with van der Waals surface area (Å²) in [6.45, 7) is 5.51. The molecule has 0 amide bonds. The van der Waals surface area contributed by atoms with Gasteiger partial charge in [0.05, 0.1) is 11.5 Å². The predicted molar refractivity (Wildman–Crippen MR) is 68.3 cm³/mol. The van der Waals surface area contributed by atoms with E-state index in [0.717, 1.165) is 11.3 Å². The lowest BCUT2D eigenvalue weighted by molar-refractivity contribution is -0.123. The first-order valence-electron chi connectivity index (χ1n) is 5.40. The molecule has 0 aliphatic rings. The summed E-state index contributed by atoms with van der Waals surface area (Å²) in [5.74, 6) is 0.740. The zero-order valence-electron chi connectivity index (χ0n) is 9.93. The Morgan fingerprint density at radius 1 is 1.38 bits per heavy atom. The monoisotopic (exact) mass is 238 g/mol. The summed E-state index contributed by atoms with van der Waals surface area (Å²) >= 11 is 1.26. The smallest absolute Gasteiger partial charge is 0.197 e. The summed E-state index contributed by atoms with van der Waals surface area (Å²) in [7, 11) is 0. The van der Waals surface area contributed by atoms with Gasteiger partial charge in [-0.1, -0.05) is 49.0 Å². The van der Waals surface area contributed by atoms with Crippen molar-refractivity contribution in [3.8, 4) is 0 Å². The minimum Gasteiger partial charge on any atom is -0.387 e. The zero-order chi connectivity index (χ0) is 12.2. The third-order valence-electron chi connectivity index (χ3n) is 2.60. The Labute approximate surface area is 101 Å². The summed E-state index contributed by atoms with van der Waals surface area (Å²) in [6, 6.07) is 9.32. The van der Waals surface area contributed by atoms with Crippen molar-refractivity contribution in [3.63, 3.8) is 0 Å². The molecule has 0 saturated heterocycles. The Morgan fingerprint density at radius 2 is 1.94 bits per heavy atom. The maximum atomic E-state index is 11.9. The highest BCUT2D eigenvalue weighted by molar-refractivity contribution is 8.13. The normalized spacial score (nSPS) is 13.5. The molecule has 0 bridgehead atoms. The van der Waals surface area contributed by atoms with E-state index in [1.165, 1.54) is 11.8 Å². The molecule has 0 fully saturated rings. The molecule has 1 N–H and O–H groups in total. The van der Waals surface area contributed by atoms with Gasteiger partial charge in [0.2, 0.25) is 0 Å². The molecule has 0 radical (unpaired) electrons. The van der Waals surface area contributed by atoms with Gasteiger partial charge in [-0.15, -0.1) is 0 Å². The first-order chi connectivity index (χ1) is 7.50. The second-order valence-corrected chi connectivity index (χ2v) is 5.49. The quantitative estimate of drug-likeness (QED) is 0.876. The maximum Gasteiger partial charge on any atom is 0.197 e. The fourth-order valence-electron chi connectivity index (χ4n) is 1.48. The number of aliphatic hydroxyl groups is 1. The lowest BCUT2D eigenvalue weighted by Gasteiger charge is -2.28. The average molecular weight is 238 g/mol. The Balaban J connectivity index is 2.87. The summed E-state index contributed by atoms with van der Waals surface area (Å²) in [5.41, 5.74) is 0.0414. The van der Waals surface area contributed by atoms with Gasteiger partial charge in [-0.3, -0.25) is 4.79 Å². The van der Waals surface area contributed by atoms with E-state index >= 15 is 0 Å². The van der Waals surface area contributed by atoms with Gasteiger partial charge in [0.1, 0.15) is 0 Å². The Morgan fingerprint density at radius 3 is 2.44 bits per heavy atom. The number of hydrogen-bond donors (Lipinski definition) is 1. The number of rotatable bonds is 4. The number of carbonyl (C=O) groups excluding carboxylic acids is 1. The second kappa shape index (κ2) is 5.51. The molecule has 0 aromatic heterocycles. The largest absolute Gasteiger partial charge is 0.387 e. The predicted octanol–water partition coefficient (Wildman–Crippen LogP) is 3.03. The molecule has 16 heavy (non-hydrogen) atoms. The van der Waals surface area contributed by atoms with Crippen LogP contribution in [0.25, 0.3) is 0 Å². The van der Waals surface area contributed by atoms with Crippen LogP contribution in [0.5, 0.6) is 0 Å². The standard InChI is InChI=1S/C13H18O2S/c1-4-16-12(15)13(2,3)11(14)10-8-6-5-7-9-10/h5-9,11,14H,4H2,1-3H3/t11-/m0/s1. The van der Waals surface area contributed by atoms with Gasteiger partial charge in [0.15, 0.2) is 5.12 Å². The van der Waals surface area contributed by atoms with E-state index in [1.54, 1.807) is 13.8 Å². The number of thioether (sulfide) groups is 1. The van der Waals surface area contributed by atoms with E-state index in [1.807, 2.05) is 37.3 Å². The van der Waals surface area contributed by atoms with Gasteiger partial charge in [-0.2, -0.15) is 0 Å². The van der Waals surface area contributed by atoms with Crippen LogP contribution in [0, 0.1) is 5.41 Å². The molecule has 0 unspecified atom stereocenters. The molecule has 88 valence electrons. The molecule has 0 heterocycles. The van der Waals surface area contributed by atoms with Gasteiger partial charge in [0, 0.05) is 0 Å². The number of aliphatic hydroxyl groups excluding tert-OH is 1. The van der Waals surface area contributed by atoms with Crippen LogP contribution in [0.3, 0.4) is 0 Å². The van der Waals surface area contributed by atoms with Crippen LogP contribution in [0.2, 0.25) is 0 Å². The van der Waals surface area contributed by atoms with Crippen molar-refractivity contribution in [2.75, 3.05) is 5.75 Å². The van der Waals surface area contributed by atoms with Crippen LogP contribution in [0.1, 0.15) is 32.4 Å². The van der Waals surface area contributed by atoms with E-state index in [-0.39, 0.29) is 5.12 Å². The summed E-state index contributed by atoms with van der Waals surface area (Å²) < 4.78 is 0. The molecule has 1 aromatic carbocycles. The minimum absolute atomic E-state index is 0.0337. The fourth-order valence-corrected chi connectivity index (χ4v) is 2.23. The van der Waals surface area contributed by atoms with Crippen LogP contribution in [0.4, 0.5) is 0 Å². The topological polar surface area (TPSA) is 37.3 Å². The van der Waals surface area contributed by atoms with Crippen LogP contribution < -0.4 is 0 Å². The number of benzene rings is 1. The van der Waals surface area contributed by atoms with E-state index in [9.17, 15) is 9.90 Å². The van der Waals surface area contributed by atoms with Crippen molar-refractivity contribution >= 4 is 16.9 Å². The SMILES string of the molecule is CCSC(=O)C(C)(C)[C@@H](O)c1ccccc1. The molecular formula is C13H18O2S. The Hall–Kier alpha value is -0.800. The lowest BCUT2D eigenvalue weighted by atomic mass is 9.84. The zero-order valence-corrected chi connectivity index (χ0v) is 10.8. The van der Waals surface area contributed by atoms with Crippen molar-refractivity contribution in [1.29, 1.82) is 0 Å².